The first kappa shape index (κ1) is 6.68. The van der Waals surface area contributed by atoms with Crippen LogP contribution in [0.5, 0.6) is 0 Å². The van der Waals surface area contributed by atoms with Crippen molar-refractivity contribution in [1.82, 2.24) is 15.0 Å². The van der Waals surface area contributed by atoms with E-state index in [0.29, 0.717) is 16.7 Å². The maximum atomic E-state index is 10.8. The topological polar surface area (TPSA) is 61.5 Å². The van der Waals surface area contributed by atoms with Crippen LogP contribution in [0.3, 0.4) is 0 Å². The first-order valence-electron chi connectivity index (χ1n) is 3.34. The Bertz CT molecular complexity index is 515. The Morgan fingerprint density at radius 3 is 3.08 bits per heavy atom. The summed E-state index contributed by atoms with van der Waals surface area (Å²) in [5.74, 6) is 2.43. The van der Waals surface area contributed by atoms with E-state index in [0.717, 1.165) is 0 Å². The zero-order chi connectivity index (χ0) is 8.55. The molecule has 0 aliphatic heterocycles. The maximum Gasteiger partial charge on any atom is 0.325 e. The van der Waals surface area contributed by atoms with Crippen molar-refractivity contribution in [1.29, 1.82) is 0 Å². The predicted molar refractivity (Wildman–Crippen MR) is 44.6 cm³/mol. The van der Waals surface area contributed by atoms with Crippen LogP contribution >= 0.6 is 0 Å². The summed E-state index contributed by atoms with van der Waals surface area (Å²) in [6.45, 7) is 0. The van der Waals surface area contributed by atoms with Crippen LogP contribution in [0.1, 0.15) is 5.56 Å². The first-order valence-corrected chi connectivity index (χ1v) is 3.34. The molecule has 0 atom stereocenters. The van der Waals surface area contributed by atoms with E-state index in [9.17, 15) is 4.79 Å². The van der Waals surface area contributed by atoms with Gasteiger partial charge in [0.1, 0.15) is 0 Å². The number of H-pyrrole nitrogens is 2. The molecule has 0 saturated heterocycles. The van der Waals surface area contributed by atoms with E-state index in [1.807, 2.05) is 0 Å². The minimum absolute atomic E-state index is 0.272. The van der Waals surface area contributed by atoms with Gasteiger partial charge in [0.05, 0.1) is 5.52 Å². The van der Waals surface area contributed by atoms with Gasteiger partial charge in [-0.2, -0.15) is 0 Å². The van der Waals surface area contributed by atoms with Gasteiger partial charge < -0.3 is 4.98 Å². The van der Waals surface area contributed by atoms with Gasteiger partial charge in [-0.15, -0.1) is 6.42 Å². The second-order valence-corrected chi connectivity index (χ2v) is 2.34. The first-order chi connectivity index (χ1) is 5.79. The van der Waals surface area contributed by atoms with Crippen molar-refractivity contribution in [3.8, 4) is 12.3 Å². The molecule has 0 aromatic carbocycles. The number of hydrogen-bond acceptors (Lipinski definition) is 2. The summed E-state index contributed by atoms with van der Waals surface area (Å²) in [7, 11) is 0. The SMILES string of the molecule is C#Cc1cnc2[nH]c(=O)[nH]c2c1. The van der Waals surface area contributed by atoms with Crippen LogP contribution in [0.2, 0.25) is 0 Å². The third-order valence-corrected chi connectivity index (χ3v) is 1.53. The number of imidazole rings is 1. The molecule has 0 aliphatic rings. The molecule has 2 aromatic rings. The minimum atomic E-state index is -0.272. The van der Waals surface area contributed by atoms with Crippen LogP contribution in [0.4, 0.5) is 0 Å². The molecule has 4 nitrogen and oxygen atoms in total. The number of terminal acetylenes is 1. The molecule has 0 unspecified atom stereocenters. The standard InChI is InChI=1S/C8H5N3O/c1-2-5-3-6-7(9-4-5)11-8(12)10-6/h1,3-4H,(H2,9,10,11,12). The van der Waals surface area contributed by atoms with Gasteiger partial charge in [-0.05, 0) is 6.07 Å². The number of hydrogen-bond donors (Lipinski definition) is 2. The molecule has 58 valence electrons. The number of aromatic amines is 2. The molecule has 2 rings (SSSR count). The lowest BCUT2D eigenvalue weighted by Gasteiger charge is -1.88. The Morgan fingerprint density at radius 2 is 2.33 bits per heavy atom. The molecule has 0 bridgehead atoms. The fourth-order valence-corrected chi connectivity index (χ4v) is 1.000. The Balaban J connectivity index is 2.85. The van der Waals surface area contributed by atoms with Crippen LogP contribution in [-0.2, 0) is 0 Å². The van der Waals surface area contributed by atoms with E-state index in [2.05, 4.69) is 20.9 Å². The third kappa shape index (κ3) is 0.883. The van der Waals surface area contributed by atoms with Gasteiger partial charge in [0.2, 0.25) is 0 Å². The quantitative estimate of drug-likeness (QED) is 0.540. The van der Waals surface area contributed by atoms with Crippen molar-refractivity contribution in [3.05, 3.63) is 28.3 Å². The summed E-state index contributed by atoms with van der Waals surface area (Å²) in [4.78, 5) is 19.8. The molecule has 12 heavy (non-hydrogen) atoms. The Morgan fingerprint density at radius 1 is 1.50 bits per heavy atom. The zero-order valence-corrected chi connectivity index (χ0v) is 6.09. The average molecular weight is 159 g/mol. The number of pyridine rings is 1. The molecule has 0 radical (unpaired) electrons. The largest absolute Gasteiger partial charge is 0.325 e. The highest BCUT2D eigenvalue weighted by molar-refractivity contribution is 5.71. The van der Waals surface area contributed by atoms with E-state index < -0.39 is 0 Å². The lowest BCUT2D eigenvalue weighted by Crippen LogP contribution is -1.99. The summed E-state index contributed by atoms with van der Waals surface area (Å²) in [6, 6.07) is 1.69. The molecule has 0 aliphatic carbocycles. The normalized spacial score (nSPS) is 9.92. The van der Waals surface area contributed by atoms with Crippen molar-refractivity contribution in [2.24, 2.45) is 0 Å². The molecular weight excluding hydrogens is 154 g/mol. The van der Waals surface area contributed by atoms with Crippen LogP contribution in [0.25, 0.3) is 11.2 Å². The Kier molecular flexibility index (Phi) is 1.25. The number of fused-ring (bicyclic) bond motifs is 1. The van der Waals surface area contributed by atoms with Gasteiger partial charge in [0.15, 0.2) is 5.65 Å². The Labute approximate surface area is 67.7 Å². The van der Waals surface area contributed by atoms with Gasteiger partial charge >= 0.3 is 5.69 Å². The minimum Gasteiger partial charge on any atom is -0.304 e. The lowest BCUT2D eigenvalue weighted by molar-refractivity contribution is 1.20. The van der Waals surface area contributed by atoms with Crippen molar-refractivity contribution in [2.45, 2.75) is 0 Å². The number of rotatable bonds is 0. The van der Waals surface area contributed by atoms with Crippen molar-refractivity contribution < 1.29 is 0 Å². The summed E-state index contributed by atoms with van der Waals surface area (Å²) >= 11 is 0. The van der Waals surface area contributed by atoms with Crippen molar-refractivity contribution >= 4 is 11.2 Å². The molecular formula is C8H5N3O. The summed E-state index contributed by atoms with van der Waals surface area (Å²) in [5.41, 5.74) is 1.54. The van der Waals surface area contributed by atoms with Gasteiger partial charge in [0, 0.05) is 11.8 Å². The molecule has 0 fully saturated rings. The van der Waals surface area contributed by atoms with Crippen LogP contribution in [0.15, 0.2) is 17.1 Å². The number of nitrogens with one attached hydrogen (secondary N) is 2. The van der Waals surface area contributed by atoms with Crippen LogP contribution in [-0.4, -0.2) is 15.0 Å². The molecule has 2 N–H and O–H groups in total. The van der Waals surface area contributed by atoms with E-state index in [4.69, 9.17) is 6.42 Å². The number of aromatic nitrogens is 3. The third-order valence-electron chi connectivity index (χ3n) is 1.53. The van der Waals surface area contributed by atoms with Gasteiger partial charge in [-0.25, -0.2) is 9.78 Å². The summed E-state index contributed by atoms with van der Waals surface area (Å²) in [5, 5.41) is 0. The van der Waals surface area contributed by atoms with Crippen LogP contribution < -0.4 is 5.69 Å². The highest BCUT2D eigenvalue weighted by Crippen LogP contribution is 2.04. The smallest absolute Gasteiger partial charge is 0.304 e. The highest BCUT2D eigenvalue weighted by atomic mass is 16.1. The predicted octanol–water partition coefficient (Wildman–Crippen LogP) is 0.232. The summed E-state index contributed by atoms with van der Waals surface area (Å²) in [6.07, 6.45) is 6.69. The van der Waals surface area contributed by atoms with E-state index >= 15 is 0 Å². The van der Waals surface area contributed by atoms with Crippen molar-refractivity contribution in [3.63, 3.8) is 0 Å². The molecule has 2 heterocycles. The zero-order valence-electron chi connectivity index (χ0n) is 6.09. The molecule has 0 spiro atoms. The summed E-state index contributed by atoms with van der Waals surface area (Å²) < 4.78 is 0. The average Bonchev–Trinajstić information content (AvgIpc) is 2.43. The van der Waals surface area contributed by atoms with Gasteiger partial charge in [-0.3, -0.25) is 4.98 Å². The van der Waals surface area contributed by atoms with E-state index in [1.54, 1.807) is 6.07 Å². The van der Waals surface area contributed by atoms with E-state index in [1.165, 1.54) is 6.20 Å². The second-order valence-electron chi connectivity index (χ2n) is 2.34. The van der Waals surface area contributed by atoms with Gasteiger partial charge in [0.25, 0.3) is 0 Å². The molecule has 4 heteroatoms. The maximum absolute atomic E-state index is 10.8. The van der Waals surface area contributed by atoms with Crippen molar-refractivity contribution in [2.75, 3.05) is 0 Å². The molecule has 0 amide bonds. The lowest BCUT2D eigenvalue weighted by atomic mass is 10.3. The van der Waals surface area contributed by atoms with Crippen LogP contribution in [0, 0.1) is 12.3 Å². The molecule has 2 aromatic heterocycles. The monoisotopic (exact) mass is 159 g/mol. The highest BCUT2D eigenvalue weighted by Gasteiger charge is 1.98. The molecule has 0 saturated carbocycles. The fourth-order valence-electron chi connectivity index (χ4n) is 1.000. The van der Waals surface area contributed by atoms with Gasteiger partial charge in [-0.1, -0.05) is 5.92 Å². The number of nitrogens with zero attached hydrogens (tertiary/aromatic N) is 1. The fraction of sp³-hybridized carbons (Fsp3) is 0. The van der Waals surface area contributed by atoms with E-state index in [-0.39, 0.29) is 5.69 Å². The Hall–Kier alpha value is -2.02. The second kappa shape index (κ2) is 2.24.